The Hall–Kier alpha value is -3.22. The van der Waals surface area contributed by atoms with Gasteiger partial charge in [0.05, 0.1) is 11.3 Å². The predicted molar refractivity (Wildman–Crippen MR) is 97.3 cm³/mol. The molecule has 3 heterocycles. The van der Waals surface area contributed by atoms with Gasteiger partial charge in [0.2, 0.25) is 0 Å². The molecule has 1 aromatic carbocycles. The normalized spacial score (nSPS) is 13.0. The van der Waals surface area contributed by atoms with Crippen LogP contribution in [0.1, 0.15) is 27.0 Å². The number of hydrogen-bond acceptors (Lipinski definition) is 5. The van der Waals surface area contributed by atoms with Crippen molar-refractivity contribution in [2.24, 2.45) is 5.73 Å². The number of rotatable bonds is 2. The van der Waals surface area contributed by atoms with E-state index in [1.807, 2.05) is 13.0 Å². The van der Waals surface area contributed by atoms with Crippen LogP contribution in [0.4, 0.5) is 11.6 Å². The third kappa shape index (κ3) is 2.05. The molecule has 0 aliphatic carbocycles. The number of carbonyl (C=O) groups excluding carboxylic acids is 1. The number of amides is 1. The molecule has 2 aromatic heterocycles. The lowest BCUT2D eigenvalue weighted by atomic mass is 10.1. The maximum absolute atomic E-state index is 12.1. The number of phenolic OH excluding ortho intramolecular Hbond substituents is 1. The number of anilines is 2. The van der Waals surface area contributed by atoms with Gasteiger partial charge in [-0.1, -0.05) is 6.07 Å². The van der Waals surface area contributed by atoms with E-state index in [9.17, 15) is 9.90 Å². The van der Waals surface area contributed by atoms with Gasteiger partial charge in [-0.25, -0.2) is 4.98 Å². The van der Waals surface area contributed by atoms with Crippen molar-refractivity contribution in [2.45, 2.75) is 20.3 Å². The fraction of sp³-hybridized carbons (Fsp3) is 0.222. The molecule has 25 heavy (non-hydrogen) atoms. The lowest BCUT2D eigenvalue weighted by Crippen LogP contribution is -2.14. The van der Waals surface area contributed by atoms with Crippen LogP contribution in [-0.4, -0.2) is 27.1 Å². The molecule has 3 aromatic rings. The molecular formula is C18H19N5O2. The number of benzene rings is 1. The average molecular weight is 337 g/mol. The third-order valence-corrected chi connectivity index (χ3v) is 4.82. The standard InChI is InChI=1S/C18H19N5O2/c1-8-3-4-12(24)9(2)14(8)23-15(19)13(16(20)25)11-7-10-5-6-21-17(10)22-18(11)23/h3-4,7,24H,5-6,19H2,1-2H3,(H2,20,25)(H,21,22). The van der Waals surface area contributed by atoms with Gasteiger partial charge in [-0.05, 0) is 43.5 Å². The molecule has 0 unspecified atom stereocenters. The van der Waals surface area contributed by atoms with Crippen LogP contribution in [0.3, 0.4) is 0 Å². The summed E-state index contributed by atoms with van der Waals surface area (Å²) in [7, 11) is 0. The van der Waals surface area contributed by atoms with Crippen LogP contribution in [0.5, 0.6) is 5.75 Å². The zero-order valence-corrected chi connectivity index (χ0v) is 14.1. The van der Waals surface area contributed by atoms with Crippen LogP contribution in [0.2, 0.25) is 0 Å². The summed E-state index contributed by atoms with van der Waals surface area (Å²) in [6.45, 7) is 4.53. The first-order valence-corrected chi connectivity index (χ1v) is 8.07. The van der Waals surface area contributed by atoms with Crippen LogP contribution in [0.15, 0.2) is 18.2 Å². The van der Waals surface area contributed by atoms with E-state index in [0.717, 1.165) is 29.9 Å². The second-order valence-electron chi connectivity index (χ2n) is 6.38. The van der Waals surface area contributed by atoms with Gasteiger partial charge in [0.25, 0.3) is 5.91 Å². The number of primary amides is 1. The molecule has 1 amide bonds. The Balaban J connectivity index is 2.17. The number of nitrogens with two attached hydrogens (primary N) is 2. The largest absolute Gasteiger partial charge is 0.508 e. The smallest absolute Gasteiger partial charge is 0.253 e. The van der Waals surface area contributed by atoms with Crippen LogP contribution >= 0.6 is 0 Å². The van der Waals surface area contributed by atoms with E-state index in [4.69, 9.17) is 16.5 Å². The molecule has 0 atom stereocenters. The zero-order chi connectivity index (χ0) is 17.9. The second kappa shape index (κ2) is 5.14. The maximum atomic E-state index is 12.1. The highest BCUT2D eigenvalue weighted by atomic mass is 16.3. The highest BCUT2D eigenvalue weighted by Crippen LogP contribution is 2.37. The third-order valence-electron chi connectivity index (χ3n) is 4.82. The fourth-order valence-corrected chi connectivity index (χ4v) is 3.58. The SMILES string of the molecule is Cc1ccc(O)c(C)c1-n1c(N)c(C(N)=O)c2cc3c(nc21)NCC3. The molecule has 1 aliphatic rings. The van der Waals surface area contributed by atoms with E-state index in [0.29, 0.717) is 22.3 Å². The van der Waals surface area contributed by atoms with E-state index in [-0.39, 0.29) is 17.1 Å². The number of phenols is 1. The molecule has 0 radical (unpaired) electrons. The number of fused-ring (bicyclic) bond motifs is 2. The molecule has 128 valence electrons. The highest BCUT2D eigenvalue weighted by molar-refractivity contribution is 6.11. The van der Waals surface area contributed by atoms with E-state index < -0.39 is 5.91 Å². The molecule has 6 N–H and O–H groups in total. The Bertz CT molecular complexity index is 1050. The molecule has 0 bridgehead atoms. The molecule has 4 rings (SSSR count). The Kier molecular flexibility index (Phi) is 3.15. The number of nitrogens with one attached hydrogen (secondary N) is 1. The highest BCUT2D eigenvalue weighted by Gasteiger charge is 2.26. The van der Waals surface area contributed by atoms with Crippen LogP contribution in [0, 0.1) is 13.8 Å². The number of aromatic hydroxyl groups is 1. The van der Waals surface area contributed by atoms with Crippen molar-refractivity contribution < 1.29 is 9.90 Å². The lowest BCUT2D eigenvalue weighted by molar-refractivity contribution is 0.100. The molecule has 0 spiro atoms. The number of nitrogens with zero attached hydrogens (tertiary/aromatic N) is 2. The van der Waals surface area contributed by atoms with E-state index in [1.165, 1.54) is 0 Å². The number of aromatic nitrogens is 2. The number of carbonyl (C=O) groups is 1. The quantitative estimate of drug-likeness (QED) is 0.570. The topological polar surface area (TPSA) is 119 Å². The molecule has 1 aliphatic heterocycles. The zero-order valence-electron chi connectivity index (χ0n) is 14.1. The number of aryl methyl sites for hydroxylation is 1. The summed E-state index contributed by atoms with van der Waals surface area (Å²) >= 11 is 0. The van der Waals surface area contributed by atoms with Crippen molar-refractivity contribution in [3.05, 3.63) is 40.5 Å². The number of hydrogen-bond donors (Lipinski definition) is 4. The van der Waals surface area contributed by atoms with Crippen molar-refractivity contribution in [2.75, 3.05) is 17.6 Å². The van der Waals surface area contributed by atoms with Gasteiger partial charge in [0.15, 0.2) is 0 Å². The van der Waals surface area contributed by atoms with Crippen LogP contribution < -0.4 is 16.8 Å². The van der Waals surface area contributed by atoms with Gasteiger partial charge < -0.3 is 21.9 Å². The number of pyridine rings is 1. The summed E-state index contributed by atoms with van der Waals surface area (Å²) in [6, 6.07) is 5.37. The molecule has 0 saturated heterocycles. The Labute approximate surface area is 144 Å². The van der Waals surface area contributed by atoms with Crippen molar-refractivity contribution in [3.8, 4) is 11.4 Å². The summed E-state index contributed by atoms with van der Waals surface area (Å²) in [4.78, 5) is 16.7. The maximum Gasteiger partial charge on any atom is 0.253 e. The van der Waals surface area contributed by atoms with Gasteiger partial charge in [-0.2, -0.15) is 0 Å². The summed E-state index contributed by atoms with van der Waals surface area (Å²) in [5.41, 5.74) is 16.0. The van der Waals surface area contributed by atoms with Crippen molar-refractivity contribution in [3.63, 3.8) is 0 Å². The minimum atomic E-state index is -0.593. The first-order chi connectivity index (χ1) is 11.9. The van der Waals surface area contributed by atoms with Crippen LogP contribution in [-0.2, 0) is 6.42 Å². The fourth-order valence-electron chi connectivity index (χ4n) is 3.58. The van der Waals surface area contributed by atoms with Crippen molar-refractivity contribution >= 4 is 28.6 Å². The van der Waals surface area contributed by atoms with Crippen molar-refractivity contribution in [1.82, 2.24) is 9.55 Å². The first kappa shape index (κ1) is 15.3. The van der Waals surface area contributed by atoms with Crippen LogP contribution in [0.25, 0.3) is 16.7 Å². The van der Waals surface area contributed by atoms with E-state index >= 15 is 0 Å². The second-order valence-corrected chi connectivity index (χ2v) is 6.38. The molecule has 0 saturated carbocycles. The van der Waals surface area contributed by atoms with Crippen molar-refractivity contribution in [1.29, 1.82) is 0 Å². The monoisotopic (exact) mass is 337 g/mol. The summed E-state index contributed by atoms with van der Waals surface area (Å²) in [5, 5.41) is 14.0. The summed E-state index contributed by atoms with van der Waals surface area (Å²) in [5.74, 6) is 0.583. The predicted octanol–water partition coefficient (Wildman–Crippen LogP) is 2.00. The molecule has 7 nitrogen and oxygen atoms in total. The Morgan fingerprint density at radius 2 is 2.12 bits per heavy atom. The molecule has 7 heteroatoms. The minimum absolute atomic E-state index is 0.154. The van der Waals surface area contributed by atoms with Gasteiger partial charge in [-0.3, -0.25) is 9.36 Å². The van der Waals surface area contributed by atoms with E-state index in [2.05, 4.69) is 5.32 Å². The van der Waals surface area contributed by atoms with Gasteiger partial charge in [0.1, 0.15) is 23.0 Å². The summed E-state index contributed by atoms with van der Waals surface area (Å²) in [6.07, 6.45) is 0.839. The number of nitrogen functional groups attached to an aromatic ring is 1. The lowest BCUT2D eigenvalue weighted by Gasteiger charge is -2.15. The van der Waals surface area contributed by atoms with Gasteiger partial charge in [0, 0.05) is 17.5 Å². The minimum Gasteiger partial charge on any atom is -0.508 e. The Morgan fingerprint density at radius 1 is 1.36 bits per heavy atom. The average Bonchev–Trinajstić information content (AvgIpc) is 3.11. The molecule has 0 fully saturated rings. The van der Waals surface area contributed by atoms with Gasteiger partial charge >= 0.3 is 0 Å². The summed E-state index contributed by atoms with van der Waals surface area (Å²) < 4.78 is 1.71. The van der Waals surface area contributed by atoms with E-state index in [1.54, 1.807) is 23.6 Å². The molecular weight excluding hydrogens is 318 g/mol. The van der Waals surface area contributed by atoms with Gasteiger partial charge in [-0.15, -0.1) is 0 Å². The first-order valence-electron chi connectivity index (χ1n) is 8.07. The Morgan fingerprint density at radius 3 is 2.84 bits per heavy atom.